The Morgan fingerprint density at radius 2 is 1.77 bits per heavy atom. The van der Waals surface area contributed by atoms with E-state index in [4.69, 9.17) is 10.1 Å². The minimum Gasteiger partial charge on any atom is -0.387 e. The number of aliphatic hydroxyl groups excluding tert-OH is 1. The Bertz CT molecular complexity index is 1730. The highest BCUT2D eigenvalue weighted by atomic mass is 19.2. The van der Waals surface area contributed by atoms with Gasteiger partial charge in [0.05, 0.1) is 23.4 Å². The maximum absolute atomic E-state index is 14.7. The summed E-state index contributed by atoms with van der Waals surface area (Å²) in [5, 5.41) is 23.3. The number of aliphatic imine (C=N–C) groups is 1. The molecule has 0 spiro atoms. The molecule has 0 saturated heterocycles. The van der Waals surface area contributed by atoms with E-state index in [2.05, 4.69) is 20.9 Å². The number of hydrogen-bond donors (Lipinski definition) is 3. The number of amides is 1. The summed E-state index contributed by atoms with van der Waals surface area (Å²) in [7, 11) is -2.85. The zero-order valence-electron chi connectivity index (χ0n) is 24.3. The predicted molar refractivity (Wildman–Crippen MR) is 165 cm³/mol. The molecule has 0 atom stereocenters. The highest BCUT2D eigenvalue weighted by molar-refractivity contribution is 6.42. The summed E-state index contributed by atoms with van der Waals surface area (Å²) in [6.45, 7) is 7.80. The second kappa shape index (κ2) is 12.2. The molecule has 3 N–H and O–H groups in total. The molecule has 0 aliphatic carbocycles. The first-order valence-corrected chi connectivity index (χ1v) is 13.8. The molecule has 0 bridgehead atoms. The van der Waals surface area contributed by atoms with Crippen molar-refractivity contribution in [3.8, 4) is 0 Å². The van der Waals surface area contributed by atoms with Crippen molar-refractivity contribution >= 4 is 36.2 Å². The molecule has 43 heavy (non-hydrogen) atoms. The van der Waals surface area contributed by atoms with E-state index >= 15 is 0 Å². The molecule has 2 aromatic heterocycles. The minimum absolute atomic E-state index is 0.210. The van der Waals surface area contributed by atoms with E-state index in [1.165, 1.54) is 0 Å². The van der Waals surface area contributed by atoms with Crippen LogP contribution in [0.15, 0.2) is 89.7 Å². The average molecular weight is 583 g/mol. The van der Waals surface area contributed by atoms with Crippen LogP contribution in [0.4, 0.5) is 20.1 Å². The summed E-state index contributed by atoms with van der Waals surface area (Å²) < 4.78 is 32.0. The Morgan fingerprint density at radius 1 is 1.02 bits per heavy atom. The number of aromatic nitrogens is 4. The number of halogens is 2. The Labute approximate surface area is 248 Å². The number of hydrogen-bond acceptors (Lipinski definition) is 6. The van der Waals surface area contributed by atoms with E-state index in [1.54, 1.807) is 59.4 Å². The molecule has 0 fully saturated rings. The van der Waals surface area contributed by atoms with Crippen molar-refractivity contribution in [2.75, 3.05) is 17.2 Å². The molecule has 1 aliphatic rings. The average Bonchev–Trinajstić information content (AvgIpc) is 3.74. The van der Waals surface area contributed by atoms with Gasteiger partial charge in [0, 0.05) is 28.9 Å². The fraction of sp³-hybridized carbons (Fsp3) is 0.226. The molecule has 0 saturated carbocycles. The van der Waals surface area contributed by atoms with Gasteiger partial charge in [-0.3, -0.25) is 13.4 Å². The summed E-state index contributed by atoms with van der Waals surface area (Å²) in [6, 6.07) is 17.8. The summed E-state index contributed by atoms with van der Waals surface area (Å²) in [5.41, 5.74) is 4.88. The molecule has 12 heteroatoms. The van der Waals surface area contributed by atoms with Crippen molar-refractivity contribution in [3.05, 3.63) is 113 Å². The first kappa shape index (κ1) is 29.7. The SMILES string of the molecule is Cc1ccccc1CNc1ccc(/C(=C2/C=CC(n3cc(C(C)(C)C)nn3)=N2)c2ccc(NC(=O)CO)cc2)n1B(F)F. The van der Waals surface area contributed by atoms with Crippen molar-refractivity contribution in [2.45, 2.75) is 39.7 Å². The zero-order chi connectivity index (χ0) is 30.7. The van der Waals surface area contributed by atoms with Crippen LogP contribution in [0, 0.1) is 6.92 Å². The summed E-state index contributed by atoms with van der Waals surface area (Å²) in [5.74, 6) is 0.198. The van der Waals surface area contributed by atoms with Crippen molar-refractivity contribution in [1.82, 2.24) is 19.5 Å². The molecule has 5 rings (SSSR count). The molecule has 220 valence electrons. The zero-order valence-corrected chi connectivity index (χ0v) is 24.3. The number of nitrogens with one attached hydrogen (secondary N) is 2. The molecule has 0 unspecified atom stereocenters. The molecule has 2 aromatic carbocycles. The number of aryl methyl sites for hydroxylation is 1. The molecule has 4 aromatic rings. The number of nitrogens with zero attached hydrogens (tertiary/aromatic N) is 5. The van der Waals surface area contributed by atoms with Crippen LogP contribution in [0.5, 0.6) is 0 Å². The van der Waals surface area contributed by atoms with Gasteiger partial charge >= 0.3 is 7.40 Å². The molecular weight excluding hydrogens is 551 g/mol. The van der Waals surface area contributed by atoms with Crippen LogP contribution in [0.2, 0.25) is 0 Å². The highest BCUT2D eigenvalue weighted by Gasteiger charge is 2.28. The normalized spacial score (nSPS) is 14.1. The molecule has 1 aliphatic heterocycles. The second-order valence-electron chi connectivity index (χ2n) is 11.2. The van der Waals surface area contributed by atoms with Crippen LogP contribution in [0.25, 0.3) is 5.57 Å². The Balaban J connectivity index is 1.59. The number of carbonyl (C=O) groups excluding carboxylic acids is 1. The van der Waals surface area contributed by atoms with Gasteiger partial charge in [-0.1, -0.05) is 62.4 Å². The Morgan fingerprint density at radius 3 is 2.42 bits per heavy atom. The van der Waals surface area contributed by atoms with Crippen molar-refractivity contribution in [1.29, 1.82) is 0 Å². The van der Waals surface area contributed by atoms with Crippen LogP contribution in [-0.2, 0) is 16.8 Å². The molecule has 3 heterocycles. The lowest BCUT2D eigenvalue weighted by atomic mass is 9.93. The van der Waals surface area contributed by atoms with Crippen LogP contribution in [0.1, 0.15) is 48.8 Å². The third-order valence-corrected chi connectivity index (χ3v) is 7.07. The highest BCUT2D eigenvalue weighted by Crippen LogP contribution is 2.34. The fourth-order valence-electron chi connectivity index (χ4n) is 4.69. The smallest absolute Gasteiger partial charge is 0.387 e. The number of aliphatic hydroxyl groups is 1. The predicted octanol–water partition coefficient (Wildman–Crippen LogP) is 5.28. The lowest BCUT2D eigenvalue weighted by Gasteiger charge is -2.16. The van der Waals surface area contributed by atoms with Gasteiger partial charge in [-0.2, -0.15) is 0 Å². The molecule has 1 amide bonds. The third kappa shape index (κ3) is 6.49. The first-order chi connectivity index (χ1) is 20.5. The van der Waals surface area contributed by atoms with Gasteiger partial charge in [0.2, 0.25) is 5.91 Å². The van der Waals surface area contributed by atoms with E-state index < -0.39 is 19.9 Å². The first-order valence-electron chi connectivity index (χ1n) is 13.8. The Hall–Kier alpha value is -4.84. The van der Waals surface area contributed by atoms with E-state index in [0.717, 1.165) is 21.3 Å². The van der Waals surface area contributed by atoms with Gasteiger partial charge in [0.25, 0.3) is 0 Å². The topological polar surface area (TPSA) is 109 Å². The maximum atomic E-state index is 14.7. The number of allylic oxidation sites excluding steroid dienone is 2. The van der Waals surface area contributed by atoms with E-state index in [9.17, 15) is 13.4 Å². The van der Waals surface area contributed by atoms with Crippen LogP contribution >= 0.6 is 0 Å². The second-order valence-corrected chi connectivity index (χ2v) is 11.2. The van der Waals surface area contributed by atoms with Gasteiger partial charge in [0.1, 0.15) is 6.61 Å². The van der Waals surface area contributed by atoms with Gasteiger partial charge in [0.15, 0.2) is 5.84 Å². The molecular formula is C31H32BF2N7O2. The van der Waals surface area contributed by atoms with Gasteiger partial charge in [-0.15, -0.1) is 5.10 Å². The quantitative estimate of drug-likeness (QED) is 0.245. The number of rotatable bonds is 8. The van der Waals surface area contributed by atoms with Crippen molar-refractivity contribution in [3.63, 3.8) is 0 Å². The number of benzene rings is 2. The standard InChI is InChI=1S/C31H32BF2N7O2/c1-20-7-5-6-8-22(20)17-35-27-16-14-25(41(27)32(33)34)30(21-9-11-23(12-10-21)36-29(43)19-42)24-13-15-28(37-24)40-18-26(38-39-40)31(2,3)4/h5-16,18,35,42H,17,19H2,1-4H3,(H,36,43)/b30-24-. The number of anilines is 2. The Kier molecular flexibility index (Phi) is 8.40. The largest absolute Gasteiger partial charge is 0.679 e. The lowest BCUT2D eigenvalue weighted by Crippen LogP contribution is -2.19. The van der Waals surface area contributed by atoms with E-state index in [-0.39, 0.29) is 16.9 Å². The van der Waals surface area contributed by atoms with Gasteiger partial charge in [-0.25, -0.2) is 9.67 Å². The minimum atomic E-state index is -2.85. The third-order valence-electron chi connectivity index (χ3n) is 7.07. The molecule has 9 nitrogen and oxygen atoms in total. The fourth-order valence-corrected chi connectivity index (χ4v) is 4.69. The lowest BCUT2D eigenvalue weighted by molar-refractivity contribution is -0.118. The van der Waals surface area contributed by atoms with Crippen molar-refractivity contribution < 1.29 is 18.5 Å². The monoisotopic (exact) mass is 583 g/mol. The summed E-state index contributed by atoms with van der Waals surface area (Å²) in [6.07, 6.45) is 5.33. The van der Waals surface area contributed by atoms with Crippen molar-refractivity contribution in [2.24, 2.45) is 4.99 Å². The van der Waals surface area contributed by atoms with Crippen LogP contribution in [-0.4, -0.2) is 50.3 Å². The van der Waals surface area contributed by atoms with Crippen LogP contribution in [0.3, 0.4) is 0 Å². The van der Waals surface area contributed by atoms with Gasteiger partial charge in [-0.05, 0) is 60.0 Å². The summed E-state index contributed by atoms with van der Waals surface area (Å²) in [4.78, 5) is 16.4. The maximum Gasteiger partial charge on any atom is 0.679 e. The van der Waals surface area contributed by atoms with Crippen LogP contribution < -0.4 is 10.6 Å². The molecule has 0 radical (unpaired) electrons. The van der Waals surface area contributed by atoms with Gasteiger partial charge < -0.3 is 20.2 Å². The summed E-state index contributed by atoms with van der Waals surface area (Å²) >= 11 is 0. The van der Waals surface area contributed by atoms with E-state index in [0.29, 0.717) is 34.9 Å². The van der Waals surface area contributed by atoms with E-state index in [1.807, 2.05) is 52.0 Å². The number of carbonyl (C=O) groups is 1.